The first-order valence-corrected chi connectivity index (χ1v) is 6.22. The standard InChI is InChI=1S/C8H5ClF2N2O2S/c1-4-5(3-12)7(16(9,14)15)2-6(13-4)8(10)11/h2,8H,1H3. The Hall–Kier alpha value is -1.26. The van der Waals surface area contributed by atoms with E-state index in [0.29, 0.717) is 6.07 Å². The average molecular weight is 267 g/mol. The number of halogens is 3. The number of hydrogen-bond donors (Lipinski definition) is 0. The Balaban J connectivity index is 3.64. The molecule has 1 heterocycles. The summed E-state index contributed by atoms with van der Waals surface area (Å²) in [6.07, 6.45) is -2.93. The first-order chi connectivity index (χ1) is 7.27. The Labute approximate surface area is 94.9 Å². The summed E-state index contributed by atoms with van der Waals surface area (Å²) >= 11 is 0. The van der Waals surface area contributed by atoms with E-state index in [4.69, 9.17) is 15.9 Å². The van der Waals surface area contributed by atoms with Crippen molar-refractivity contribution >= 4 is 19.7 Å². The largest absolute Gasteiger partial charge is 0.280 e. The molecule has 1 rings (SSSR count). The molecular weight excluding hydrogens is 262 g/mol. The first-order valence-electron chi connectivity index (χ1n) is 3.92. The van der Waals surface area contributed by atoms with Crippen LogP contribution in [0.15, 0.2) is 11.0 Å². The lowest BCUT2D eigenvalue weighted by molar-refractivity contribution is 0.145. The van der Waals surface area contributed by atoms with Gasteiger partial charge in [0.1, 0.15) is 16.7 Å². The molecule has 0 amide bonds. The molecule has 0 aliphatic rings. The second-order valence-corrected chi connectivity index (χ2v) is 5.39. The Morgan fingerprint density at radius 1 is 1.56 bits per heavy atom. The van der Waals surface area contributed by atoms with Crippen molar-refractivity contribution in [2.24, 2.45) is 0 Å². The maximum Gasteiger partial charge on any atom is 0.280 e. The summed E-state index contributed by atoms with van der Waals surface area (Å²) in [6.45, 7) is 1.26. The minimum absolute atomic E-state index is 0.0977. The fourth-order valence-corrected chi connectivity index (χ4v) is 2.17. The number of rotatable bonds is 2. The van der Waals surface area contributed by atoms with Crippen molar-refractivity contribution in [3.63, 3.8) is 0 Å². The summed E-state index contributed by atoms with van der Waals surface area (Å²) in [5.41, 5.74) is -1.14. The topological polar surface area (TPSA) is 70.8 Å². The van der Waals surface area contributed by atoms with Gasteiger partial charge in [-0.25, -0.2) is 17.2 Å². The van der Waals surface area contributed by atoms with E-state index < -0.39 is 26.1 Å². The summed E-state index contributed by atoms with van der Waals surface area (Å²) in [5.74, 6) is 0. The molecule has 8 heteroatoms. The van der Waals surface area contributed by atoms with Crippen LogP contribution in [0, 0.1) is 18.3 Å². The fourth-order valence-electron chi connectivity index (χ4n) is 1.11. The lowest BCUT2D eigenvalue weighted by Crippen LogP contribution is -2.03. The summed E-state index contributed by atoms with van der Waals surface area (Å²) in [7, 11) is 0.792. The molecule has 0 aromatic carbocycles. The molecule has 0 atom stereocenters. The van der Waals surface area contributed by atoms with Gasteiger partial charge < -0.3 is 0 Å². The van der Waals surface area contributed by atoms with E-state index in [1.165, 1.54) is 6.92 Å². The average Bonchev–Trinajstić information content (AvgIpc) is 2.14. The predicted octanol–water partition coefficient (Wildman–Crippen LogP) is 2.13. The third-order valence-electron chi connectivity index (χ3n) is 1.78. The van der Waals surface area contributed by atoms with E-state index in [1.807, 2.05) is 0 Å². The maximum atomic E-state index is 12.4. The summed E-state index contributed by atoms with van der Waals surface area (Å²) < 4.78 is 46.9. The number of alkyl halides is 2. The number of aromatic nitrogens is 1. The number of aryl methyl sites for hydroxylation is 1. The molecule has 0 aliphatic heterocycles. The molecule has 1 aromatic rings. The highest BCUT2D eigenvalue weighted by atomic mass is 35.7. The molecule has 86 valence electrons. The van der Waals surface area contributed by atoms with Gasteiger partial charge >= 0.3 is 0 Å². The van der Waals surface area contributed by atoms with Crippen molar-refractivity contribution in [3.05, 3.63) is 23.0 Å². The lowest BCUT2D eigenvalue weighted by atomic mass is 10.2. The molecule has 0 spiro atoms. The van der Waals surface area contributed by atoms with Crippen LogP contribution >= 0.6 is 10.7 Å². The molecule has 0 bridgehead atoms. The first kappa shape index (κ1) is 12.8. The summed E-state index contributed by atoms with van der Waals surface area (Å²) in [4.78, 5) is 2.78. The number of pyridine rings is 1. The molecule has 0 radical (unpaired) electrons. The molecule has 1 aromatic heterocycles. The molecule has 0 fully saturated rings. The highest BCUT2D eigenvalue weighted by Gasteiger charge is 2.22. The van der Waals surface area contributed by atoms with Gasteiger partial charge in [0.05, 0.1) is 11.3 Å². The Morgan fingerprint density at radius 2 is 2.12 bits per heavy atom. The molecule has 0 aliphatic carbocycles. The highest BCUT2D eigenvalue weighted by molar-refractivity contribution is 8.13. The molecular formula is C8H5ClF2N2O2S. The molecule has 0 N–H and O–H groups in total. The Kier molecular flexibility index (Phi) is 3.45. The van der Waals surface area contributed by atoms with Crippen molar-refractivity contribution < 1.29 is 17.2 Å². The van der Waals surface area contributed by atoms with Crippen molar-refractivity contribution in [1.29, 1.82) is 5.26 Å². The van der Waals surface area contributed by atoms with Crippen LogP contribution in [0.25, 0.3) is 0 Å². The van der Waals surface area contributed by atoms with Crippen LogP contribution in [0.1, 0.15) is 23.4 Å². The van der Waals surface area contributed by atoms with Crippen LogP contribution in [0.4, 0.5) is 8.78 Å². The number of hydrogen-bond acceptors (Lipinski definition) is 4. The van der Waals surface area contributed by atoms with E-state index in [1.54, 1.807) is 6.07 Å². The SMILES string of the molecule is Cc1nc(C(F)F)cc(S(=O)(=O)Cl)c1C#N. The van der Waals surface area contributed by atoms with Crippen molar-refractivity contribution in [1.82, 2.24) is 4.98 Å². The van der Waals surface area contributed by atoms with Gasteiger partial charge in [0, 0.05) is 10.7 Å². The van der Waals surface area contributed by atoms with Gasteiger partial charge in [0.25, 0.3) is 15.5 Å². The molecule has 16 heavy (non-hydrogen) atoms. The van der Waals surface area contributed by atoms with Gasteiger partial charge in [-0.2, -0.15) is 5.26 Å². The zero-order chi connectivity index (χ0) is 12.5. The number of nitriles is 1. The smallest absolute Gasteiger partial charge is 0.251 e. The van der Waals surface area contributed by atoms with Crippen LogP contribution in [0.2, 0.25) is 0 Å². The van der Waals surface area contributed by atoms with E-state index in [-0.39, 0.29) is 11.3 Å². The normalized spacial score (nSPS) is 11.5. The van der Waals surface area contributed by atoms with Crippen LogP contribution in [0.5, 0.6) is 0 Å². The third-order valence-corrected chi connectivity index (χ3v) is 3.13. The monoisotopic (exact) mass is 266 g/mol. The van der Waals surface area contributed by atoms with Gasteiger partial charge in [-0.1, -0.05) is 0 Å². The van der Waals surface area contributed by atoms with Gasteiger partial charge in [0.15, 0.2) is 0 Å². The van der Waals surface area contributed by atoms with Gasteiger partial charge in [-0.3, -0.25) is 4.98 Å². The molecule has 4 nitrogen and oxygen atoms in total. The minimum Gasteiger partial charge on any atom is -0.251 e. The van der Waals surface area contributed by atoms with E-state index in [2.05, 4.69) is 4.98 Å². The second-order valence-electron chi connectivity index (χ2n) is 2.86. The zero-order valence-corrected chi connectivity index (χ0v) is 9.48. The van der Waals surface area contributed by atoms with E-state index >= 15 is 0 Å². The molecule has 0 unspecified atom stereocenters. The maximum absolute atomic E-state index is 12.4. The highest BCUT2D eigenvalue weighted by Crippen LogP contribution is 2.26. The molecule has 0 saturated carbocycles. The second kappa shape index (κ2) is 4.31. The van der Waals surface area contributed by atoms with Crippen LogP contribution in [-0.2, 0) is 9.05 Å². The Morgan fingerprint density at radius 3 is 2.50 bits per heavy atom. The van der Waals surface area contributed by atoms with Crippen LogP contribution in [0.3, 0.4) is 0 Å². The third kappa shape index (κ3) is 2.46. The van der Waals surface area contributed by atoms with Crippen LogP contribution < -0.4 is 0 Å². The summed E-state index contributed by atoms with van der Waals surface area (Å²) in [6, 6.07) is 2.18. The fraction of sp³-hybridized carbons (Fsp3) is 0.250. The Bertz CT molecular complexity index is 566. The van der Waals surface area contributed by atoms with E-state index in [0.717, 1.165) is 0 Å². The zero-order valence-electron chi connectivity index (χ0n) is 7.91. The van der Waals surface area contributed by atoms with Crippen molar-refractivity contribution in [2.75, 3.05) is 0 Å². The van der Waals surface area contributed by atoms with Gasteiger partial charge in [-0.05, 0) is 13.0 Å². The predicted molar refractivity (Wildman–Crippen MR) is 51.7 cm³/mol. The van der Waals surface area contributed by atoms with E-state index in [9.17, 15) is 17.2 Å². The van der Waals surface area contributed by atoms with Gasteiger partial charge in [-0.15, -0.1) is 0 Å². The van der Waals surface area contributed by atoms with Crippen molar-refractivity contribution in [3.8, 4) is 6.07 Å². The number of nitrogens with zero attached hydrogens (tertiary/aromatic N) is 2. The quantitative estimate of drug-likeness (QED) is 0.769. The van der Waals surface area contributed by atoms with Gasteiger partial charge in [0.2, 0.25) is 0 Å². The lowest BCUT2D eigenvalue weighted by Gasteiger charge is -2.06. The minimum atomic E-state index is -4.25. The summed E-state index contributed by atoms with van der Waals surface area (Å²) in [5, 5.41) is 8.69. The van der Waals surface area contributed by atoms with Crippen molar-refractivity contribution in [2.45, 2.75) is 18.2 Å². The molecule has 0 saturated heterocycles. The van der Waals surface area contributed by atoms with Crippen LogP contribution in [-0.4, -0.2) is 13.4 Å².